The van der Waals surface area contributed by atoms with E-state index in [-0.39, 0.29) is 11.9 Å². The van der Waals surface area contributed by atoms with E-state index in [1.54, 1.807) is 18.0 Å². The summed E-state index contributed by atoms with van der Waals surface area (Å²) in [6.07, 6.45) is 2.91. The average molecular weight is 434 g/mol. The van der Waals surface area contributed by atoms with Crippen molar-refractivity contribution in [3.8, 4) is 0 Å². The fourth-order valence-corrected chi connectivity index (χ4v) is 4.68. The predicted octanol–water partition coefficient (Wildman–Crippen LogP) is 5.35. The number of carbonyl (C=O) groups excluding carboxylic acids is 1. The van der Waals surface area contributed by atoms with Gasteiger partial charge in [-0.15, -0.1) is 11.8 Å². The first-order valence-electron chi connectivity index (χ1n) is 10.6. The maximum atomic E-state index is 12.7. The molecule has 1 unspecified atom stereocenters. The van der Waals surface area contributed by atoms with Crippen LogP contribution in [0.25, 0.3) is 0 Å². The number of nitrogens with zero attached hydrogens (tertiary/aromatic N) is 2. The van der Waals surface area contributed by atoms with Gasteiger partial charge in [-0.1, -0.05) is 48.5 Å². The number of likely N-dealkylation sites (tertiary alicyclic amines) is 1. The largest absolute Gasteiger partial charge is 0.388 e. The molecule has 1 aliphatic rings. The summed E-state index contributed by atoms with van der Waals surface area (Å²) in [7, 11) is 0. The van der Waals surface area contributed by atoms with Crippen LogP contribution in [0.5, 0.6) is 0 Å². The molecule has 1 saturated heterocycles. The first-order valence-corrected chi connectivity index (χ1v) is 11.6. The van der Waals surface area contributed by atoms with E-state index in [0.29, 0.717) is 13.1 Å². The molecule has 0 spiro atoms. The van der Waals surface area contributed by atoms with E-state index in [1.165, 1.54) is 0 Å². The highest BCUT2D eigenvalue weighted by atomic mass is 32.2. The van der Waals surface area contributed by atoms with Gasteiger partial charge in [0.25, 0.3) is 0 Å². The SMILES string of the molecule is O=C(Nc1cccc(CSc2ccccn2)c1)N1CCC(C(O)c2ccccc2)CC1. The quantitative estimate of drug-likeness (QED) is 0.514. The maximum absolute atomic E-state index is 12.7. The molecule has 31 heavy (non-hydrogen) atoms. The lowest BCUT2D eigenvalue weighted by Gasteiger charge is -2.34. The lowest BCUT2D eigenvalue weighted by Crippen LogP contribution is -2.42. The van der Waals surface area contributed by atoms with Crippen LogP contribution in [-0.2, 0) is 5.75 Å². The van der Waals surface area contributed by atoms with E-state index in [0.717, 1.165) is 40.4 Å². The van der Waals surface area contributed by atoms with Crippen LogP contribution in [0.2, 0.25) is 0 Å². The Morgan fingerprint density at radius 3 is 2.58 bits per heavy atom. The van der Waals surface area contributed by atoms with Gasteiger partial charge in [0.15, 0.2) is 0 Å². The van der Waals surface area contributed by atoms with E-state index < -0.39 is 6.10 Å². The number of benzene rings is 2. The van der Waals surface area contributed by atoms with Gasteiger partial charge in [-0.25, -0.2) is 9.78 Å². The Morgan fingerprint density at radius 1 is 1.06 bits per heavy atom. The Bertz CT molecular complexity index is 976. The fraction of sp³-hybridized carbons (Fsp3) is 0.280. The van der Waals surface area contributed by atoms with Crippen LogP contribution in [0.3, 0.4) is 0 Å². The molecule has 5 nitrogen and oxygen atoms in total. The highest BCUT2D eigenvalue weighted by Crippen LogP contribution is 2.31. The van der Waals surface area contributed by atoms with Gasteiger partial charge in [-0.05, 0) is 54.2 Å². The van der Waals surface area contributed by atoms with Crippen molar-refractivity contribution in [1.29, 1.82) is 0 Å². The number of aliphatic hydroxyl groups is 1. The summed E-state index contributed by atoms with van der Waals surface area (Å²) in [6, 6.07) is 23.5. The molecular formula is C25H27N3O2S. The minimum absolute atomic E-state index is 0.0813. The molecule has 160 valence electrons. The highest BCUT2D eigenvalue weighted by molar-refractivity contribution is 7.98. The lowest BCUT2D eigenvalue weighted by atomic mass is 9.87. The lowest BCUT2D eigenvalue weighted by molar-refractivity contribution is 0.0683. The van der Waals surface area contributed by atoms with Crippen LogP contribution in [0.1, 0.15) is 30.1 Å². The standard InChI is InChI=1S/C25H27N3O2S/c29-24(20-8-2-1-3-9-20)21-12-15-28(16-13-21)25(30)27-22-10-6-7-19(17-22)18-31-23-11-4-5-14-26-23/h1-11,14,17,21,24,29H,12-13,15-16,18H2,(H,27,30). The van der Waals surface area contributed by atoms with Gasteiger partial charge in [-0.3, -0.25) is 0 Å². The summed E-state index contributed by atoms with van der Waals surface area (Å²) >= 11 is 1.67. The first-order chi connectivity index (χ1) is 15.2. The molecule has 2 aromatic carbocycles. The molecule has 0 aliphatic carbocycles. The summed E-state index contributed by atoms with van der Waals surface area (Å²) < 4.78 is 0. The van der Waals surface area contributed by atoms with E-state index in [4.69, 9.17) is 0 Å². The van der Waals surface area contributed by atoms with Crippen molar-refractivity contribution in [2.75, 3.05) is 18.4 Å². The van der Waals surface area contributed by atoms with Crippen LogP contribution < -0.4 is 5.32 Å². The first kappa shape index (κ1) is 21.4. The molecule has 2 amide bonds. The molecule has 2 heterocycles. The number of thioether (sulfide) groups is 1. The molecule has 2 N–H and O–H groups in total. The second-order valence-electron chi connectivity index (χ2n) is 7.77. The van der Waals surface area contributed by atoms with Crippen LogP contribution in [0.15, 0.2) is 84.0 Å². The minimum Gasteiger partial charge on any atom is -0.388 e. The number of hydrogen-bond acceptors (Lipinski definition) is 4. The summed E-state index contributed by atoms with van der Waals surface area (Å²) in [5.74, 6) is 0.974. The fourth-order valence-electron chi connectivity index (χ4n) is 3.87. The number of rotatable bonds is 6. The van der Waals surface area contributed by atoms with E-state index in [2.05, 4.69) is 16.4 Å². The number of hydrogen-bond donors (Lipinski definition) is 2. The van der Waals surface area contributed by atoms with Crippen molar-refractivity contribution < 1.29 is 9.90 Å². The molecule has 6 heteroatoms. The summed E-state index contributed by atoms with van der Waals surface area (Å²) in [4.78, 5) is 18.9. The maximum Gasteiger partial charge on any atom is 0.321 e. The third-order valence-corrected chi connectivity index (χ3v) is 6.63. The Morgan fingerprint density at radius 2 is 1.84 bits per heavy atom. The zero-order valence-corrected chi connectivity index (χ0v) is 18.2. The Labute approximate surface area is 187 Å². The van der Waals surface area contributed by atoms with Crippen LogP contribution in [0.4, 0.5) is 10.5 Å². The number of aromatic nitrogens is 1. The predicted molar refractivity (Wildman–Crippen MR) is 125 cm³/mol. The van der Waals surface area contributed by atoms with E-state index in [9.17, 15) is 9.90 Å². The molecule has 1 aliphatic heterocycles. The van der Waals surface area contributed by atoms with Gasteiger partial charge in [0, 0.05) is 30.7 Å². The van der Waals surface area contributed by atoms with Crippen LogP contribution in [-0.4, -0.2) is 34.1 Å². The molecule has 3 aromatic rings. The Kier molecular flexibility index (Phi) is 7.22. The van der Waals surface area contributed by atoms with Crippen molar-refractivity contribution in [3.05, 3.63) is 90.1 Å². The molecule has 1 fully saturated rings. The third-order valence-electron chi connectivity index (χ3n) is 5.62. The van der Waals surface area contributed by atoms with Crippen molar-refractivity contribution >= 4 is 23.5 Å². The van der Waals surface area contributed by atoms with Gasteiger partial charge < -0.3 is 15.3 Å². The van der Waals surface area contributed by atoms with Gasteiger partial charge >= 0.3 is 6.03 Å². The van der Waals surface area contributed by atoms with Crippen molar-refractivity contribution in [3.63, 3.8) is 0 Å². The second-order valence-corrected chi connectivity index (χ2v) is 8.76. The van der Waals surface area contributed by atoms with Crippen LogP contribution in [0, 0.1) is 5.92 Å². The van der Waals surface area contributed by atoms with Crippen molar-refractivity contribution in [1.82, 2.24) is 9.88 Å². The number of amides is 2. The van der Waals surface area contributed by atoms with Gasteiger partial charge in [-0.2, -0.15) is 0 Å². The van der Waals surface area contributed by atoms with Gasteiger partial charge in [0.1, 0.15) is 0 Å². The Balaban J connectivity index is 1.28. The van der Waals surface area contributed by atoms with Crippen LogP contribution >= 0.6 is 11.8 Å². The van der Waals surface area contributed by atoms with Crippen molar-refractivity contribution in [2.45, 2.75) is 29.7 Å². The molecular weight excluding hydrogens is 406 g/mol. The third kappa shape index (κ3) is 5.87. The molecule has 0 radical (unpaired) electrons. The van der Waals surface area contributed by atoms with Gasteiger partial charge in [0.2, 0.25) is 0 Å². The zero-order chi connectivity index (χ0) is 21.5. The number of piperidine rings is 1. The van der Waals surface area contributed by atoms with Gasteiger partial charge in [0.05, 0.1) is 11.1 Å². The monoisotopic (exact) mass is 433 g/mol. The summed E-state index contributed by atoms with van der Waals surface area (Å²) in [5.41, 5.74) is 2.89. The molecule has 1 atom stereocenters. The number of nitrogens with one attached hydrogen (secondary N) is 1. The number of pyridine rings is 1. The minimum atomic E-state index is -0.473. The molecule has 0 saturated carbocycles. The van der Waals surface area contributed by atoms with E-state index in [1.807, 2.05) is 71.6 Å². The molecule has 4 rings (SSSR count). The zero-order valence-electron chi connectivity index (χ0n) is 17.4. The smallest absolute Gasteiger partial charge is 0.321 e. The number of anilines is 1. The topological polar surface area (TPSA) is 65.5 Å². The molecule has 1 aromatic heterocycles. The summed E-state index contributed by atoms with van der Waals surface area (Å²) in [6.45, 7) is 1.30. The summed E-state index contributed by atoms with van der Waals surface area (Å²) in [5, 5.41) is 14.7. The number of carbonyl (C=O) groups is 1. The van der Waals surface area contributed by atoms with Crippen molar-refractivity contribution in [2.24, 2.45) is 5.92 Å². The number of urea groups is 1. The Hall–Kier alpha value is -2.83. The number of aliphatic hydroxyl groups excluding tert-OH is 1. The highest BCUT2D eigenvalue weighted by Gasteiger charge is 2.28. The average Bonchev–Trinajstić information content (AvgIpc) is 2.84. The second kappa shape index (κ2) is 10.5. The normalized spacial score (nSPS) is 15.5. The molecule has 0 bridgehead atoms. The van der Waals surface area contributed by atoms with E-state index >= 15 is 0 Å².